The highest BCUT2D eigenvalue weighted by atomic mass is 35.5. The minimum Gasteiger partial charge on any atom is -0.496 e. The monoisotopic (exact) mass is 366 g/mol. The normalized spacial score (nSPS) is 17.0. The van der Waals surface area contributed by atoms with E-state index in [1.54, 1.807) is 19.2 Å². The topological polar surface area (TPSA) is 34.0 Å². The molecule has 118 valence electrons. The van der Waals surface area contributed by atoms with Gasteiger partial charge in [0, 0.05) is 16.1 Å². The predicted octanol–water partition coefficient (Wildman–Crippen LogP) is 5.62. The molecule has 0 amide bonds. The van der Waals surface area contributed by atoms with Crippen molar-refractivity contribution >= 4 is 46.2 Å². The lowest BCUT2D eigenvalue weighted by Crippen LogP contribution is -2.09. The lowest BCUT2D eigenvalue weighted by atomic mass is 10.1. The van der Waals surface area contributed by atoms with Crippen LogP contribution in [0.1, 0.15) is 24.2 Å². The third-order valence-corrected chi connectivity index (χ3v) is 4.42. The Morgan fingerprint density at radius 1 is 1.00 bits per heavy atom. The van der Waals surface area contributed by atoms with Crippen LogP contribution in [-0.4, -0.2) is 18.5 Å². The molecule has 23 heavy (non-hydrogen) atoms. The number of nitrogens with zero attached hydrogens (tertiary/aromatic N) is 2. The highest BCUT2D eigenvalue weighted by molar-refractivity contribution is 6.49. The predicted molar refractivity (Wildman–Crippen MR) is 96.9 cm³/mol. The van der Waals surface area contributed by atoms with Gasteiger partial charge in [-0.2, -0.15) is 0 Å². The summed E-state index contributed by atoms with van der Waals surface area (Å²) in [6.07, 6.45) is -0.479. The molecule has 0 saturated heterocycles. The number of aliphatic imine (C=N–C) groups is 2. The molecule has 3 rings (SSSR count). The molecule has 0 bridgehead atoms. The van der Waals surface area contributed by atoms with E-state index in [1.165, 1.54) is 0 Å². The van der Waals surface area contributed by atoms with Gasteiger partial charge in [-0.1, -0.05) is 46.9 Å². The van der Waals surface area contributed by atoms with Crippen LogP contribution in [0.15, 0.2) is 46.4 Å². The number of ether oxygens (including phenoxy) is 1. The summed E-state index contributed by atoms with van der Waals surface area (Å²) in [5.41, 5.74) is 3.12. The summed E-state index contributed by atoms with van der Waals surface area (Å²) in [6, 6.07) is 11.0. The molecule has 1 atom stereocenters. The van der Waals surface area contributed by atoms with Crippen LogP contribution in [0, 0.1) is 0 Å². The molecule has 2 aromatic carbocycles. The first-order valence-corrected chi connectivity index (χ1v) is 8.05. The molecule has 0 aliphatic carbocycles. The molecule has 1 aliphatic rings. The van der Waals surface area contributed by atoms with E-state index in [1.807, 2.05) is 31.2 Å². The zero-order chi connectivity index (χ0) is 16.6. The number of hydrogen-bond acceptors (Lipinski definition) is 3. The van der Waals surface area contributed by atoms with Crippen molar-refractivity contribution in [1.29, 1.82) is 0 Å². The maximum absolute atomic E-state index is 6.28. The largest absolute Gasteiger partial charge is 0.496 e. The van der Waals surface area contributed by atoms with Crippen molar-refractivity contribution in [3.8, 4) is 5.75 Å². The second kappa shape index (κ2) is 6.52. The summed E-state index contributed by atoms with van der Waals surface area (Å²) in [5, 5.41) is 1.39. The van der Waals surface area contributed by atoms with Crippen molar-refractivity contribution in [3.63, 3.8) is 0 Å². The first-order valence-electron chi connectivity index (χ1n) is 6.91. The number of hydrogen-bond donors (Lipinski definition) is 0. The molecule has 0 saturated carbocycles. The number of rotatable bonds is 3. The van der Waals surface area contributed by atoms with Crippen LogP contribution >= 0.6 is 34.8 Å². The molecule has 0 radical (unpaired) electrons. The van der Waals surface area contributed by atoms with Crippen molar-refractivity contribution in [2.45, 2.75) is 13.1 Å². The van der Waals surface area contributed by atoms with Crippen molar-refractivity contribution in [1.82, 2.24) is 0 Å². The van der Waals surface area contributed by atoms with Crippen LogP contribution in [0.5, 0.6) is 5.75 Å². The molecule has 0 aromatic heterocycles. The third kappa shape index (κ3) is 3.09. The number of halogens is 3. The Kier molecular flexibility index (Phi) is 4.62. The van der Waals surface area contributed by atoms with Gasteiger partial charge in [-0.15, -0.1) is 0 Å². The quantitative estimate of drug-likeness (QED) is 0.693. The lowest BCUT2D eigenvalue weighted by Gasteiger charge is -2.10. The lowest BCUT2D eigenvalue weighted by molar-refractivity contribution is 0.414. The van der Waals surface area contributed by atoms with Crippen molar-refractivity contribution in [2.24, 2.45) is 9.98 Å². The average Bonchev–Trinajstić information content (AvgIpc) is 2.87. The Morgan fingerprint density at radius 3 is 2.30 bits per heavy atom. The van der Waals surface area contributed by atoms with Crippen molar-refractivity contribution in [3.05, 3.63) is 62.6 Å². The number of methoxy groups -OCH3 is 1. The van der Waals surface area contributed by atoms with Gasteiger partial charge in [0.2, 0.25) is 0 Å². The van der Waals surface area contributed by atoms with Crippen LogP contribution < -0.4 is 4.74 Å². The Bertz CT molecular complexity index is 807. The summed E-state index contributed by atoms with van der Waals surface area (Å²) in [5.74, 6) is 0.745. The van der Waals surface area contributed by atoms with E-state index in [9.17, 15) is 0 Å². The summed E-state index contributed by atoms with van der Waals surface area (Å²) < 4.78 is 5.40. The Morgan fingerprint density at radius 2 is 1.65 bits per heavy atom. The van der Waals surface area contributed by atoms with Crippen LogP contribution in [0.25, 0.3) is 0 Å². The fourth-order valence-corrected chi connectivity index (χ4v) is 3.54. The molecule has 3 nitrogen and oxygen atoms in total. The van der Waals surface area contributed by atoms with E-state index in [-0.39, 0.29) is 0 Å². The van der Waals surface area contributed by atoms with E-state index in [4.69, 9.17) is 44.5 Å². The van der Waals surface area contributed by atoms with E-state index in [0.717, 1.165) is 22.7 Å². The minimum absolute atomic E-state index is 0.453. The maximum Gasteiger partial charge on any atom is 0.169 e. The van der Waals surface area contributed by atoms with Gasteiger partial charge in [0.05, 0.1) is 28.6 Å². The zero-order valence-corrected chi connectivity index (χ0v) is 14.7. The molecule has 1 heterocycles. The van der Waals surface area contributed by atoms with E-state index < -0.39 is 6.17 Å². The van der Waals surface area contributed by atoms with Gasteiger partial charge in [-0.05, 0) is 31.2 Å². The molecule has 0 fully saturated rings. The maximum atomic E-state index is 6.28. The molecule has 0 spiro atoms. The zero-order valence-electron chi connectivity index (χ0n) is 12.5. The minimum atomic E-state index is -0.479. The molecule has 2 aromatic rings. The Labute approximate surface area is 149 Å². The van der Waals surface area contributed by atoms with Gasteiger partial charge in [-0.3, -0.25) is 9.98 Å². The Balaban J connectivity index is 2.08. The second-order valence-electron chi connectivity index (χ2n) is 5.05. The fourth-order valence-electron chi connectivity index (χ4n) is 2.52. The van der Waals surface area contributed by atoms with Gasteiger partial charge in [0.25, 0.3) is 0 Å². The van der Waals surface area contributed by atoms with E-state index >= 15 is 0 Å². The highest BCUT2D eigenvalue weighted by Gasteiger charge is 2.26. The fraction of sp³-hybridized carbons (Fsp3) is 0.176. The van der Waals surface area contributed by atoms with Gasteiger partial charge < -0.3 is 4.74 Å². The third-order valence-electron chi connectivity index (χ3n) is 3.57. The van der Waals surface area contributed by atoms with Crippen LogP contribution in [0.3, 0.4) is 0 Å². The van der Waals surface area contributed by atoms with Gasteiger partial charge in [0.1, 0.15) is 5.75 Å². The summed E-state index contributed by atoms with van der Waals surface area (Å²) >= 11 is 18.5. The van der Waals surface area contributed by atoms with Crippen molar-refractivity contribution in [2.75, 3.05) is 7.11 Å². The first kappa shape index (κ1) is 16.3. The highest BCUT2D eigenvalue weighted by Crippen LogP contribution is 2.38. The molecule has 0 N–H and O–H groups in total. The summed E-state index contributed by atoms with van der Waals surface area (Å²) in [7, 11) is 1.63. The van der Waals surface area contributed by atoms with Gasteiger partial charge in [0.15, 0.2) is 6.17 Å². The molecular weight excluding hydrogens is 355 g/mol. The van der Waals surface area contributed by atoms with E-state index in [0.29, 0.717) is 20.6 Å². The Hall–Kier alpha value is -1.55. The molecule has 1 aliphatic heterocycles. The summed E-state index contributed by atoms with van der Waals surface area (Å²) in [4.78, 5) is 9.28. The average molecular weight is 368 g/mol. The number of benzene rings is 2. The molecule has 1 unspecified atom stereocenters. The second-order valence-corrected chi connectivity index (χ2v) is 6.30. The summed E-state index contributed by atoms with van der Waals surface area (Å²) in [6.45, 7) is 1.91. The smallest absolute Gasteiger partial charge is 0.169 e. The SMILES string of the molecule is COc1ccccc1C1=NC(c2c(Cl)cc(Cl)cc2Cl)N=C1C. The first-order chi connectivity index (χ1) is 11.0. The molecule has 6 heteroatoms. The van der Waals surface area contributed by atoms with Crippen LogP contribution in [-0.2, 0) is 0 Å². The standard InChI is InChI=1S/C17H13Cl3N2O/c1-9-16(11-5-3-4-6-14(11)23-2)22-17(21-9)15-12(19)7-10(18)8-13(15)20/h3-8,17H,1-2H3. The van der Waals surface area contributed by atoms with Crippen LogP contribution in [0.4, 0.5) is 0 Å². The van der Waals surface area contributed by atoms with Gasteiger partial charge in [-0.25, -0.2) is 0 Å². The van der Waals surface area contributed by atoms with Crippen LogP contribution in [0.2, 0.25) is 15.1 Å². The molecular formula is C17H13Cl3N2O. The van der Waals surface area contributed by atoms with Crippen molar-refractivity contribution < 1.29 is 4.74 Å². The van der Waals surface area contributed by atoms with E-state index in [2.05, 4.69) is 4.99 Å². The van der Waals surface area contributed by atoms with Gasteiger partial charge >= 0.3 is 0 Å². The number of para-hydroxylation sites is 1.